The molecule has 150 valence electrons. The minimum absolute atomic E-state index is 0.0762. The van der Waals surface area contributed by atoms with Gasteiger partial charge in [0.1, 0.15) is 5.75 Å². The van der Waals surface area contributed by atoms with Gasteiger partial charge in [-0.15, -0.1) is 0 Å². The highest BCUT2D eigenvalue weighted by molar-refractivity contribution is 5.79. The zero-order chi connectivity index (χ0) is 20.4. The van der Waals surface area contributed by atoms with Crippen LogP contribution in [0.15, 0.2) is 54.6 Å². The third-order valence-electron chi connectivity index (χ3n) is 4.60. The lowest BCUT2D eigenvalue weighted by atomic mass is 10.1. The number of esters is 1. The van der Waals surface area contributed by atoms with Crippen LogP contribution in [0.25, 0.3) is 0 Å². The summed E-state index contributed by atoms with van der Waals surface area (Å²) in [6, 6.07) is 17.3. The predicted molar refractivity (Wildman–Crippen MR) is 109 cm³/mol. The molecular weight excluding hydrogens is 354 g/mol. The smallest absolute Gasteiger partial charge is 0.307 e. The molecule has 0 saturated heterocycles. The van der Waals surface area contributed by atoms with E-state index in [-0.39, 0.29) is 37.5 Å². The van der Waals surface area contributed by atoms with E-state index in [0.29, 0.717) is 12.4 Å². The molecule has 5 nitrogen and oxygen atoms in total. The van der Waals surface area contributed by atoms with E-state index in [0.717, 1.165) is 17.5 Å². The van der Waals surface area contributed by atoms with E-state index in [1.807, 2.05) is 61.5 Å². The average molecular weight is 383 g/mol. The number of benzene rings is 2. The minimum Gasteiger partial charge on any atom is -0.484 e. The Morgan fingerprint density at radius 3 is 2.46 bits per heavy atom. The number of ether oxygens (including phenoxy) is 2. The van der Waals surface area contributed by atoms with Crippen molar-refractivity contribution < 1.29 is 19.1 Å². The molecule has 5 heteroatoms. The summed E-state index contributed by atoms with van der Waals surface area (Å²) in [5.41, 5.74) is 2.16. The van der Waals surface area contributed by atoms with Gasteiger partial charge in [-0.3, -0.25) is 9.59 Å². The zero-order valence-corrected chi connectivity index (χ0v) is 16.9. The second-order valence-electron chi connectivity index (χ2n) is 6.52. The Kier molecular flexibility index (Phi) is 8.53. The predicted octanol–water partition coefficient (Wildman–Crippen LogP) is 4.17. The summed E-state index contributed by atoms with van der Waals surface area (Å²) in [6.45, 7) is 6.34. The molecule has 1 amide bonds. The molecule has 1 unspecified atom stereocenters. The fraction of sp³-hybridized carbons (Fsp3) is 0.391. The van der Waals surface area contributed by atoms with Crippen LogP contribution in [0.2, 0.25) is 0 Å². The van der Waals surface area contributed by atoms with Crippen LogP contribution in [0.5, 0.6) is 5.75 Å². The highest BCUT2D eigenvalue weighted by Crippen LogP contribution is 2.21. The molecule has 2 rings (SSSR count). The molecule has 0 aromatic heterocycles. The summed E-state index contributed by atoms with van der Waals surface area (Å²) >= 11 is 0. The molecule has 0 fully saturated rings. The lowest BCUT2D eigenvalue weighted by Crippen LogP contribution is -2.38. The second-order valence-corrected chi connectivity index (χ2v) is 6.52. The first-order chi connectivity index (χ1) is 13.5. The van der Waals surface area contributed by atoms with E-state index < -0.39 is 0 Å². The maximum Gasteiger partial charge on any atom is 0.307 e. The standard InChI is InChI=1S/C23H29NO4/c1-4-19-10-9-13-21(16-19)28-17-22(25)24(15-14-23(26)27-5-2)18(3)20-11-7-6-8-12-20/h6-13,16,18H,4-5,14-15,17H2,1-3H3. The van der Waals surface area contributed by atoms with E-state index in [4.69, 9.17) is 9.47 Å². The first kappa shape index (κ1) is 21.5. The first-order valence-electron chi connectivity index (χ1n) is 9.76. The molecule has 1 atom stereocenters. The van der Waals surface area contributed by atoms with Gasteiger partial charge < -0.3 is 14.4 Å². The van der Waals surface area contributed by atoms with Gasteiger partial charge in [0.15, 0.2) is 6.61 Å². The number of carbonyl (C=O) groups excluding carboxylic acids is 2. The quantitative estimate of drug-likeness (QED) is 0.578. The van der Waals surface area contributed by atoms with E-state index in [1.54, 1.807) is 11.8 Å². The third-order valence-corrected chi connectivity index (χ3v) is 4.60. The van der Waals surface area contributed by atoms with Crippen LogP contribution in [0.3, 0.4) is 0 Å². The van der Waals surface area contributed by atoms with Crippen LogP contribution in [-0.4, -0.2) is 36.5 Å². The molecule has 0 bridgehead atoms. The Balaban J connectivity index is 2.07. The lowest BCUT2D eigenvalue weighted by Gasteiger charge is -2.29. The van der Waals surface area contributed by atoms with Gasteiger partial charge in [-0.25, -0.2) is 0 Å². The van der Waals surface area contributed by atoms with E-state index >= 15 is 0 Å². The highest BCUT2D eigenvalue weighted by atomic mass is 16.5. The largest absolute Gasteiger partial charge is 0.484 e. The summed E-state index contributed by atoms with van der Waals surface area (Å²) in [5.74, 6) is 0.199. The van der Waals surface area contributed by atoms with Crippen molar-refractivity contribution in [1.82, 2.24) is 4.90 Å². The van der Waals surface area contributed by atoms with Crippen LogP contribution in [0.4, 0.5) is 0 Å². The van der Waals surface area contributed by atoms with E-state index in [2.05, 4.69) is 6.92 Å². The Bertz CT molecular complexity index is 760. The Labute approximate surface area is 167 Å². The molecule has 0 aliphatic heterocycles. The van der Waals surface area contributed by atoms with Gasteiger partial charge in [0.2, 0.25) is 0 Å². The van der Waals surface area contributed by atoms with Crippen molar-refractivity contribution in [2.24, 2.45) is 0 Å². The SMILES string of the molecule is CCOC(=O)CCN(C(=O)COc1cccc(CC)c1)C(C)c1ccccc1. The van der Waals surface area contributed by atoms with Crippen LogP contribution < -0.4 is 4.74 Å². The fourth-order valence-electron chi connectivity index (χ4n) is 2.97. The number of aryl methyl sites for hydroxylation is 1. The molecule has 2 aromatic carbocycles. The highest BCUT2D eigenvalue weighted by Gasteiger charge is 2.23. The summed E-state index contributed by atoms with van der Waals surface area (Å²) in [6.07, 6.45) is 1.06. The summed E-state index contributed by atoms with van der Waals surface area (Å²) < 4.78 is 10.7. The molecule has 0 aliphatic carbocycles. The van der Waals surface area contributed by atoms with Crippen LogP contribution in [0.1, 0.15) is 44.4 Å². The van der Waals surface area contributed by atoms with Crippen LogP contribution >= 0.6 is 0 Å². The summed E-state index contributed by atoms with van der Waals surface area (Å²) in [5, 5.41) is 0. The Hall–Kier alpha value is -2.82. The minimum atomic E-state index is -0.308. The van der Waals surface area contributed by atoms with Crippen molar-refractivity contribution in [1.29, 1.82) is 0 Å². The van der Waals surface area contributed by atoms with E-state index in [1.165, 1.54) is 0 Å². The Morgan fingerprint density at radius 2 is 1.79 bits per heavy atom. The first-order valence-corrected chi connectivity index (χ1v) is 9.76. The molecule has 0 spiro atoms. The van der Waals surface area contributed by atoms with Crippen molar-refractivity contribution >= 4 is 11.9 Å². The molecule has 0 N–H and O–H groups in total. The summed E-state index contributed by atoms with van der Waals surface area (Å²) in [4.78, 5) is 26.4. The van der Waals surface area contributed by atoms with Gasteiger partial charge in [-0.2, -0.15) is 0 Å². The third kappa shape index (κ3) is 6.41. The maximum absolute atomic E-state index is 12.9. The van der Waals surface area contributed by atoms with Gasteiger partial charge in [0, 0.05) is 6.54 Å². The molecule has 0 aliphatic rings. The second kappa shape index (κ2) is 11.1. The van der Waals surface area contributed by atoms with E-state index in [9.17, 15) is 9.59 Å². The molecule has 0 radical (unpaired) electrons. The van der Waals surface area contributed by atoms with Gasteiger partial charge in [0.05, 0.1) is 19.1 Å². The van der Waals surface area contributed by atoms with Crippen molar-refractivity contribution in [3.05, 3.63) is 65.7 Å². The van der Waals surface area contributed by atoms with Crippen molar-refractivity contribution in [2.75, 3.05) is 19.8 Å². The lowest BCUT2D eigenvalue weighted by molar-refractivity contribution is -0.144. The molecule has 2 aromatic rings. The number of amides is 1. The number of nitrogens with zero attached hydrogens (tertiary/aromatic N) is 1. The van der Waals surface area contributed by atoms with Gasteiger partial charge >= 0.3 is 5.97 Å². The zero-order valence-electron chi connectivity index (χ0n) is 16.9. The summed E-state index contributed by atoms with van der Waals surface area (Å²) in [7, 11) is 0. The number of rotatable bonds is 10. The van der Waals surface area contributed by atoms with Gasteiger partial charge in [-0.1, -0.05) is 49.4 Å². The van der Waals surface area contributed by atoms with Gasteiger partial charge in [-0.05, 0) is 43.5 Å². The van der Waals surface area contributed by atoms with Crippen molar-refractivity contribution in [3.63, 3.8) is 0 Å². The molecule has 0 saturated carbocycles. The monoisotopic (exact) mass is 383 g/mol. The molecular formula is C23H29NO4. The topological polar surface area (TPSA) is 55.8 Å². The van der Waals surface area contributed by atoms with Crippen molar-refractivity contribution in [3.8, 4) is 5.75 Å². The average Bonchev–Trinajstić information content (AvgIpc) is 2.73. The normalized spacial score (nSPS) is 11.5. The molecule has 28 heavy (non-hydrogen) atoms. The number of hydrogen-bond acceptors (Lipinski definition) is 4. The number of hydrogen-bond donors (Lipinski definition) is 0. The fourth-order valence-corrected chi connectivity index (χ4v) is 2.97. The van der Waals surface area contributed by atoms with Gasteiger partial charge in [0.25, 0.3) is 5.91 Å². The van der Waals surface area contributed by atoms with Crippen molar-refractivity contribution in [2.45, 2.75) is 39.7 Å². The maximum atomic E-state index is 12.9. The number of carbonyl (C=O) groups is 2. The molecule has 0 heterocycles. The Morgan fingerprint density at radius 1 is 1.04 bits per heavy atom. The van der Waals surface area contributed by atoms with Crippen LogP contribution in [-0.2, 0) is 20.7 Å². The van der Waals surface area contributed by atoms with Crippen LogP contribution in [0, 0.1) is 0 Å².